The predicted octanol–water partition coefficient (Wildman–Crippen LogP) is 2.81. The Morgan fingerprint density at radius 1 is 1.14 bits per heavy atom. The maximum atomic E-state index is 3.48. The molecule has 3 aliphatic carbocycles. The first-order valence-corrected chi connectivity index (χ1v) is 6.50. The molecular weight excluding hydrogens is 170 g/mol. The normalized spacial score (nSPS) is 46.9. The number of hydrogen-bond donors (Lipinski definition) is 1. The van der Waals surface area contributed by atoms with E-state index in [9.17, 15) is 0 Å². The van der Waals surface area contributed by atoms with Gasteiger partial charge in [0.25, 0.3) is 0 Å². The minimum absolute atomic E-state index is 0.746. The number of hydrogen-bond acceptors (Lipinski definition) is 1. The quantitative estimate of drug-likeness (QED) is 0.727. The van der Waals surface area contributed by atoms with Crippen molar-refractivity contribution in [2.45, 2.75) is 44.9 Å². The Labute approximate surface area is 87.7 Å². The van der Waals surface area contributed by atoms with Gasteiger partial charge in [0, 0.05) is 6.54 Å². The number of nitrogens with one attached hydrogen (secondary N) is 1. The molecule has 2 bridgehead atoms. The van der Waals surface area contributed by atoms with Crippen LogP contribution in [0.25, 0.3) is 0 Å². The first-order chi connectivity index (χ1) is 6.85. The Kier molecular flexibility index (Phi) is 2.12. The molecule has 0 radical (unpaired) electrons. The van der Waals surface area contributed by atoms with Crippen molar-refractivity contribution in [3.8, 4) is 0 Å². The fraction of sp³-hybridized carbons (Fsp3) is 1.00. The Hall–Kier alpha value is -0.0400. The average Bonchev–Trinajstić information content (AvgIpc) is 2.60. The molecule has 3 rings (SSSR count). The van der Waals surface area contributed by atoms with E-state index in [1.165, 1.54) is 25.8 Å². The van der Waals surface area contributed by atoms with Crippen molar-refractivity contribution in [2.24, 2.45) is 23.2 Å². The lowest BCUT2D eigenvalue weighted by Crippen LogP contribution is -2.46. The lowest BCUT2D eigenvalue weighted by Gasteiger charge is -2.48. The summed E-state index contributed by atoms with van der Waals surface area (Å²) in [6.07, 6.45) is 10.8. The summed E-state index contributed by atoms with van der Waals surface area (Å²) in [5, 5.41) is 3.48. The fourth-order valence-electron chi connectivity index (χ4n) is 4.66. The van der Waals surface area contributed by atoms with E-state index in [2.05, 4.69) is 12.4 Å². The van der Waals surface area contributed by atoms with E-state index in [1.807, 2.05) is 0 Å². The van der Waals surface area contributed by atoms with Crippen LogP contribution < -0.4 is 5.32 Å². The van der Waals surface area contributed by atoms with Gasteiger partial charge in [-0.05, 0) is 62.3 Å². The minimum atomic E-state index is 0.746. The lowest BCUT2D eigenvalue weighted by molar-refractivity contribution is 0.0251. The highest BCUT2D eigenvalue weighted by atomic mass is 14.9. The third kappa shape index (κ3) is 1.11. The van der Waals surface area contributed by atoms with Crippen LogP contribution in [-0.2, 0) is 0 Å². The summed E-state index contributed by atoms with van der Waals surface area (Å²) < 4.78 is 0. The van der Waals surface area contributed by atoms with Gasteiger partial charge < -0.3 is 5.32 Å². The summed E-state index contributed by atoms with van der Waals surface area (Å²) in [5.41, 5.74) is 0.746. The van der Waals surface area contributed by atoms with Crippen molar-refractivity contribution < 1.29 is 0 Å². The van der Waals surface area contributed by atoms with Gasteiger partial charge in [-0.3, -0.25) is 0 Å². The summed E-state index contributed by atoms with van der Waals surface area (Å²) in [7, 11) is 2.15. The maximum Gasteiger partial charge on any atom is 0.00102 e. The molecule has 80 valence electrons. The third-order valence-corrected chi connectivity index (χ3v) is 5.45. The van der Waals surface area contributed by atoms with Gasteiger partial charge in [-0.25, -0.2) is 0 Å². The van der Waals surface area contributed by atoms with Gasteiger partial charge in [0.15, 0.2) is 0 Å². The van der Waals surface area contributed by atoms with Crippen molar-refractivity contribution in [1.82, 2.24) is 5.32 Å². The van der Waals surface area contributed by atoms with Crippen LogP contribution in [0.15, 0.2) is 0 Å². The molecule has 0 aliphatic heterocycles. The molecule has 0 heterocycles. The van der Waals surface area contributed by atoms with Crippen LogP contribution in [0.3, 0.4) is 0 Å². The Morgan fingerprint density at radius 2 is 2.00 bits per heavy atom. The second-order valence-corrected chi connectivity index (χ2v) is 5.97. The Morgan fingerprint density at radius 3 is 2.43 bits per heavy atom. The van der Waals surface area contributed by atoms with Crippen LogP contribution in [-0.4, -0.2) is 13.6 Å². The van der Waals surface area contributed by atoms with Crippen LogP contribution in [0, 0.1) is 23.2 Å². The van der Waals surface area contributed by atoms with Crippen molar-refractivity contribution in [3.05, 3.63) is 0 Å². The Balaban J connectivity index is 1.81. The standard InChI is InChI=1S/C13H23N/c1-14-9-13(11-3-2-4-11)8-10-5-6-12(13)7-10/h10-12,14H,2-9H2,1H3. The zero-order chi connectivity index (χ0) is 9.60. The lowest BCUT2D eigenvalue weighted by atomic mass is 9.58. The van der Waals surface area contributed by atoms with Crippen LogP contribution in [0.2, 0.25) is 0 Å². The van der Waals surface area contributed by atoms with Gasteiger partial charge in [0.05, 0.1) is 0 Å². The molecule has 3 unspecified atom stereocenters. The van der Waals surface area contributed by atoms with Crippen molar-refractivity contribution in [3.63, 3.8) is 0 Å². The van der Waals surface area contributed by atoms with Gasteiger partial charge in [-0.1, -0.05) is 12.8 Å². The molecule has 3 aliphatic rings. The predicted molar refractivity (Wildman–Crippen MR) is 59.1 cm³/mol. The first-order valence-electron chi connectivity index (χ1n) is 6.50. The zero-order valence-electron chi connectivity index (χ0n) is 9.39. The highest BCUT2D eigenvalue weighted by Gasteiger charge is 2.55. The summed E-state index contributed by atoms with van der Waals surface area (Å²) in [4.78, 5) is 0. The second-order valence-electron chi connectivity index (χ2n) is 5.97. The van der Waals surface area contributed by atoms with E-state index in [-0.39, 0.29) is 0 Å². The van der Waals surface area contributed by atoms with Crippen LogP contribution >= 0.6 is 0 Å². The molecule has 1 heteroatoms. The molecule has 0 aromatic rings. The van der Waals surface area contributed by atoms with E-state index in [0.717, 1.165) is 23.2 Å². The molecule has 1 nitrogen and oxygen atoms in total. The molecular formula is C13H23N. The SMILES string of the molecule is CNCC1(C2CCC2)CC2CCC1C2. The van der Waals surface area contributed by atoms with Crippen LogP contribution in [0.1, 0.15) is 44.9 Å². The molecule has 3 fully saturated rings. The van der Waals surface area contributed by atoms with E-state index in [0.29, 0.717) is 0 Å². The maximum absolute atomic E-state index is 3.48. The van der Waals surface area contributed by atoms with Crippen molar-refractivity contribution in [2.75, 3.05) is 13.6 Å². The molecule has 0 saturated heterocycles. The molecule has 3 saturated carbocycles. The van der Waals surface area contributed by atoms with Gasteiger partial charge in [-0.15, -0.1) is 0 Å². The largest absolute Gasteiger partial charge is 0.319 e. The van der Waals surface area contributed by atoms with E-state index in [4.69, 9.17) is 0 Å². The Bertz CT molecular complexity index is 221. The molecule has 14 heavy (non-hydrogen) atoms. The molecule has 1 N–H and O–H groups in total. The zero-order valence-corrected chi connectivity index (χ0v) is 9.39. The summed E-state index contributed by atoms with van der Waals surface area (Å²) in [6.45, 7) is 1.30. The molecule has 0 spiro atoms. The first kappa shape index (κ1) is 9.21. The van der Waals surface area contributed by atoms with Crippen molar-refractivity contribution >= 4 is 0 Å². The monoisotopic (exact) mass is 193 g/mol. The van der Waals surface area contributed by atoms with E-state index < -0.39 is 0 Å². The van der Waals surface area contributed by atoms with Gasteiger partial charge >= 0.3 is 0 Å². The molecule has 3 atom stereocenters. The van der Waals surface area contributed by atoms with Crippen molar-refractivity contribution in [1.29, 1.82) is 0 Å². The molecule has 0 aromatic carbocycles. The number of rotatable bonds is 3. The van der Waals surface area contributed by atoms with Crippen LogP contribution in [0.4, 0.5) is 0 Å². The van der Waals surface area contributed by atoms with Gasteiger partial charge in [0.1, 0.15) is 0 Å². The van der Waals surface area contributed by atoms with Gasteiger partial charge in [0.2, 0.25) is 0 Å². The van der Waals surface area contributed by atoms with Gasteiger partial charge in [-0.2, -0.15) is 0 Å². The third-order valence-electron chi connectivity index (χ3n) is 5.45. The molecule has 0 amide bonds. The topological polar surface area (TPSA) is 12.0 Å². The highest BCUT2D eigenvalue weighted by molar-refractivity contribution is 5.06. The fourth-order valence-corrected chi connectivity index (χ4v) is 4.66. The smallest absolute Gasteiger partial charge is 0.00102 e. The summed E-state index contributed by atoms with van der Waals surface area (Å²) in [6, 6.07) is 0. The average molecular weight is 193 g/mol. The van der Waals surface area contributed by atoms with E-state index in [1.54, 1.807) is 25.7 Å². The molecule has 0 aromatic heterocycles. The minimum Gasteiger partial charge on any atom is -0.319 e. The summed E-state index contributed by atoms with van der Waals surface area (Å²) >= 11 is 0. The highest BCUT2D eigenvalue weighted by Crippen LogP contribution is 2.62. The van der Waals surface area contributed by atoms with Crippen LogP contribution in [0.5, 0.6) is 0 Å². The second kappa shape index (κ2) is 3.23. The van der Waals surface area contributed by atoms with E-state index >= 15 is 0 Å². The number of fused-ring (bicyclic) bond motifs is 2. The summed E-state index contributed by atoms with van der Waals surface area (Å²) in [5.74, 6) is 3.28.